The van der Waals surface area contributed by atoms with Gasteiger partial charge in [0.15, 0.2) is 0 Å². The zero-order valence-corrected chi connectivity index (χ0v) is 15.3. The summed E-state index contributed by atoms with van der Waals surface area (Å²) < 4.78 is 5.65. The van der Waals surface area contributed by atoms with Crippen LogP contribution in [-0.2, 0) is 11.4 Å². The van der Waals surface area contributed by atoms with Crippen molar-refractivity contribution in [1.82, 2.24) is 4.90 Å². The Bertz CT molecular complexity index is 924. The summed E-state index contributed by atoms with van der Waals surface area (Å²) >= 11 is 0.929. The number of imide groups is 1. The second-order valence-electron chi connectivity index (χ2n) is 5.71. The number of hydrogen-bond acceptors (Lipinski definition) is 6. The molecule has 0 atom stereocenters. The van der Waals surface area contributed by atoms with Crippen LogP contribution < -0.4 is 4.74 Å². The molecule has 1 heterocycles. The minimum atomic E-state index is -0.446. The fourth-order valence-electron chi connectivity index (χ4n) is 2.51. The molecular formula is C19H16N2O5S. The molecule has 1 fully saturated rings. The summed E-state index contributed by atoms with van der Waals surface area (Å²) in [7, 11) is 0. The predicted octanol–water partition coefficient (Wildman–Crippen LogP) is 4.23. The lowest BCUT2D eigenvalue weighted by Crippen LogP contribution is -2.27. The number of benzene rings is 2. The molecule has 3 rings (SSSR count). The Morgan fingerprint density at radius 3 is 2.56 bits per heavy atom. The highest BCUT2D eigenvalue weighted by Crippen LogP contribution is 2.32. The first-order valence-corrected chi connectivity index (χ1v) is 9.01. The van der Waals surface area contributed by atoms with Crippen molar-refractivity contribution in [2.45, 2.75) is 13.5 Å². The third kappa shape index (κ3) is 4.35. The molecule has 0 aromatic heterocycles. The number of carbonyl (C=O) groups is 2. The van der Waals surface area contributed by atoms with E-state index in [0.29, 0.717) is 22.8 Å². The molecule has 2 amide bonds. The van der Waals surface area contributed by atoms with Gasteiger partial charge in [-0.15, -0.1) is 0 Å². The molecule has 1 aliphatic rings. The maximum absolute atomic E-state index is 12.1. The Kier molecular flexibility index (Phi) is 5.56. The van der Waals surface area contributed by atoms with Crippen LogP contribution in [0.2, 0.25) is 0 Å². The molecule has 7 nitrogen and oxygen atoms in total. The smallest absolute Gasteiger partial charge is 0.293 e. The Labute approximate surface area is 159 Å². The third-order valence-electron chi connectivity index (χ3n) is 3.89. The van der Waals surface area contributed by atoms with Crippen molar-refractivity contribution >= 4 is 34.7 Å². The Morgan fingerprint density at radius 1 is 1.19 bits per heavy atom. The van der Waals surface area contributed by atoms with E-state index in [2.05, 4.69) is 0 Å². The molecule has 0 unspecified atom stereocenters. The summed E-state index contributed by atoms with van der Waals surface area (Å²) in [6, 6.07) is 13.3. The molecule has 0 radical (unpaired) electrons. The van der Waals surface area contributed by atoms with Crippen molar-refractivity contribution in [3.05, 3.63) is 74.7 Å². The molecule has 0 N–H and O–H groups in total. The standard InChI is InChI=1S/C19H16N2O5S/c1-2-20-18(22)17(27-19(20)23)11-13-6-8-16(9-7-13)26-12-14-4-3-5-15(10-14)21(24)25/h3-11H,2,12H2,1H3/b17-11+. The first kappa shape index (κ1) is 18.7. The molecule has 0 spiro atoms. The minimum Gasteiger partial charge on any atom is -0.489 e. The highest BCUT2D eigenvalue weighted by molar-refractivity contribution is 8.18. The average molecular weight is 384 g/mol. The van der Waals surface area contributed by atoms with Crippen LogP contribution in [0, 0.1) is 10.1 Å². The van der Waals surface area contributed by atoms with Crippen molar-refractivity contribution in [2.24, 2.45) is 0 Å². The lowest BCUT2D eigenvalue weighted by Gasteiger charge is -2.07. The van der Waals surface area contributed by atoms with E-state index in [1.807, 2.05) is 0 Å². The first-order valence-electron chi connectivity index (χ1n) is 8.19. The van der Waals surface area contributed by atoms with Crippen molar-refractivity contribution in [1.29, 1.82) is 0 Å². The second-order valence-corrected chi connectivity index (χ2v) is 6.70. The summed E-state index contributed by atoms with van der Waals surface area (Å²) in [5.74, 6) is 0.318. The topological polar surface area (TPSA) is 89.8 Å². The SMILES string of the molecule is CCN1C(=O)S/C(=C/c2ccc(OCc3cccc([N+](=O)[O-])c3)cc2)C1=O. The van der Waals surface area contributed by atoms with Gasteiger partial charge in [-0.25, -0.2) is 0 Å². The van der Waals surface area contributed by atoms with Gasteiger partial charge in [0.2, 0.25) is 0 Å². The van der Waals surface area contributed by atoms with Crippen LogP contribution in [0.25, 0.3) is 6.08 Å². The molecule has 138 valence electrons. The van der Waals surface area contributed by atoms with E-state index in [0.717, 1.165) is 17.3 Å². The predicted molar refractivity (Wildman–Crippen MR) is 102 cm³/mol. The van der Waals surface area contributed by atoms with Crippen molar-refractivity contribution in [3.63, 3.8) is 0 Å². The number of hydrogen-bond donors (Lipinski definition) is 0. The normalized spacial score (nSPS) is 15.4. The van der Waals surface area contributed by atoms with Crippen molar-refractivity contribution in [2.75, 3.05) is 6.54 Å². The molecule has 2 aromatic carbocycles. The van der Waals surface area contributed by atoms with Gasteiger partial charge in [-0.1, -0.05) is 24.3 Å². The van der Waals surface area contributed by atoms with Gasteiger partial charge in [-0.3, -0.25) is 24.6 Å². The van der Waals surface area contributed by atoms with Crippen LogP contribution in [0.3, 0.4) is 0 Å². The third-order valence-corrected chi connectivity index (χ3v) is 4.80. The molecule has 27 heavy (non-hydrogen) atoms. The summed E-state index contributed by atoms with van der Waals surface area (Å²) in [5.41, 5.74) is 1.49. The highest BCUT2D eigenvalue weighted by Gasteiger charge is 2.33. The van der Waals surface area contributed by atoms with Crippen LogP contribution in [0.4, 0.5) is 10.5 Å². The molecule has 0 aliphatic carbocycles. The van der Waals surface area contributed by atoms with E-state index in [4.69, 9.17) is 4.74 Å². The van der Waals surface area contributed by atoms with Crippen LogP contribution in [0.5, 0.6) is 5.75 Å². The summed E-state index contributed by atoms with van der Waals surface area (Å²) in [5, 5.41) is 10.5. The Hall–Kier alpha value is -3.13. The lowest BCUT2D eigenvalue weighted by atomic mass is 10.2. The van der Waals surface area contributed by atoms with Gasteiger partial charge in [0.25, 0.3) is 16.8 Å². The van der Waals surface area contributed by atoms with Gasteiger partial charge in [0.1, 0.15) is 12.4 Å². The van der Waals surface area contributed by atoms with Gasteiger partial charge < -0.3 is 4.74 Å². The summed E-state index contributed by atoms with van der Waals surface area (Å²) in [6.45, 7) is 2.32. The van der Waals surface area contributed by atoms with Gasteiger partial charge in [0, 0.05) is 18.7 Å². The zero-order chi connectivity index (χ0) is 19.4. The monoisotopic (exact) mass is 384 g/mol. The number of rotatable bonds is 6. The molecule has 1 aliphatic heterocycles. The first-order chi connectivity index (χ1) is 13.0. The fraction of sp³-hybridized carbons (Fsp3) is 0.158. The largest absolute Gasteiger partial charge is 0.489 e. The van der Waals surface area contributed by atoms with E-state index in [9.17, 15) is 19.7 Å². The fourth-order valence-corrected chi connectivity index (χ4v) is 3.41. The van der Waals surface area contributed by atoms with E-state index >= 15 is 0 Å². The number of likely N-dealkylation sites (N-methyl/N-ethyl adjacent to an activating group) is 1. The van der Waals surface area contributed by atoms with Crippen LogP contribution in [-0.4, -0.2) is 27.5 Å². The average Bonchev–Trinajstić information content (AvgIpc) is 2.94. The van der Waals surface area contributed by atoms with E-state index in [-0.39, 0.29) is 23.4 Å². The van der Waals surface area contributed by atoms with Gasteiger partial charge >= 0.3 is 0 Å². The number of nitrogens with zero attached hydrogens (tertiary/aromatic N) is 2. The zero-order valence-electron chi connectivity index (χ0n) is 14.5. The quantitative estimate of drug-likeness (QED) is 0.421. The number of amides is 2. The summed E-state index contributed by atoms with van der Waals surface area (Å²) in [6.07, 6.45) is 1.67. The minimum absolute atomic E-state index is 0.0208. The summed E-state index contributed by atoms with van der Waals surface area (Å²) in [4.78, 5) is 35.8. The van der Waals surface area contributed by atoms with E-state index in [1.54, 1.807) is 49.4 Å². The van der Waals surface area contributed by atoms with Crippen LogP contribution in [0.1, 0.15) is 18.1 Å². The van der Waals surface area contributed by atoms with Gasteiger partial charge in [-0.05, 0) is 48.0 Å². The lowest BCUT2D eigenvalue weighted by molar-refractivity contribution is -0.384. The van der Waals surface area contributed by atoms with Crippen molar-refractivity contribution in [3.8, 4) is 5.75 Å². The Morgan fingerprint density at radius 2 is 1.93 bits per heavy atom. The molecule has 2 aromatic rings. The van der Waals surface area contributed by atoms with Gasteiger partial charge in [0.05, 0.1) is 9.83 Å². The number of nitro benzene ring substituents is 1. The molecule has 8 heteroatoms. The molecule has 0 saturated carbocycles. The molecule has 0 bridgehead atoms. The highest BCUT2D eigenvalue weighted by atomic mass is 32.2. The van der Waals surface area contributed by atoms with E-state index < -0.39 is 4.92 Å². The van der Waals surface area contributed by atoms with Crippen LogP contribution in [0.15, 0.2) is 53.4 Å². The number of nitro groups is 1. The van der Waals surface area contributed by atoms with Gasteiger partial charge in [-0.2, -0.15) is 0 Å². The maximum Gasteiger partial charge on any atom is 0.293 e. The number of ether oxygens (including phenoxy) is 1. The molecular weight excluding hydrogens is 368 g/mol. The van der Waals surface area contributed by atoms with E-state index in [1.165, 1.54) is 17.0 Å². The number of non-ortho nitro benzene ring substituents is 1. The second kappa shape index (κ2) is 8.05. The van der Waals surface area contributed by atoms with Crippen LogP contribution >= 0.6 is 11.8 Å². The number of thioether (sulfide) groups is 1. The van der Waals surface area contributed by atoms with Crippen molar-refractivity contribution < 1.29 is 19.2 Å². The number of carbonyl (C=O) groups excluding carboxylic acids is 2. The Balaban J connectivity index is 1.65. The molecule has 1 saturated heterocycles. The maximum atomic E-state index is 12.1.